The van der Waals surface area contributed by atoms with Crippen molar-refractivity contribution in [3.63, 3.8) is 0 Å². The predicted octanol–water partition coefficient (Wildman–Crippen LogP) is 3.84. The Hall–Kier alpha value is -1.80. The Kier molecular flexibility index (Phi) is 4.58. The summed E-state index contributed by atoms with van der Waals surface area (Å²) in [6, 6.07) is 15.0. The van der Waals surface area contributed by atoms with Crippen molar-refractivity contribution < 1.29 is 9.53 Å². The molecule has 2 rings (SSSR count). The average Bonchev–Trinajstić information content (AvgIpc) is 2.41. The van der Waals surface area contributed by atoms with Crippen LogP contribution in [0.15, 0.2) is 48.5 Å². The summed E-state index contributed by atoms with van der Waals surface area (Å²) in [5.74, 6) is 0.708. The van der Waals surface area contributed by atoms with E-state index in [2.05, 4.69) is 0 Å². The minimum absolute atomic E-state index is 0.0468. The standard InChI is InChI=1S/C16H15ClO2/c1-12-7-8-14(17)10-16(12)19-11-15(18)9-13-5-3-2-4-6-13/h2-8,10H,9,11H2,1H3. The molecule has 0 aliphatic heterocycles. The number of benzene rings is 2. The molecule has 0 aliphatic rings. The third-order valence-electron chi connectivity index (χ3n) is 2.78. The molecule has 19 heavy (non-hydrogen) atoms. The Labute approximate surface area is 118 Å². The van der Waals surface area contributed by atoms with E-state index in [0.717, 1.165) is 11.1 Å². The van der Waals surface area contributed by atoms with Gasteiger partial charge in [-0.3, -0.25) is 4.79 Å². The van der Waals surface area contributed by atoms with Crippen molar-refractivity contribution in [2.75, 3.05) is 6.61 Å². The summed E-state index contributed by atoms with van der Waals surface area (Å²) < 4.78 is 5.52. The van der Waals surface area contributed by atoms with Gasteiger partial charge < -0.3 is 4.74 Å². The van der Waals surface area contributed by atoms with E-state index in [1.807, 2.05) is 43.3 Å². The van der Waals surface area contributed by atoms with E-state index in [0.29, 0.717) is 17.2 Å². The highest BCUT2D eigenvalue weighted by Gasteiger charge is 2.06. The van der Waals surface area contributed by atoms with Crippen LogP contribution in [0.4, 0.5) is 0 Å². The number of rotatable bonds is 5. The maximum atomic E-state index is 11.8. The van der Waals surface area contributed by atoms with Gasteiger partial charge in [-0.05, 0) is 30.2 Å². The van der Waals surface area contributed by atoms with Crippen LogP contribution < -0.4 is 4.74 Å². The Morgan fingerprint density at radius 1 is 1.16 bits per heavy atom. The molecule has 0 fully saturated rings. The Morgan fingerprint density at radius 2 is 1.89 bits per heavy atom. The van der Waals surface area contributed by atoms with Gasteiger partial charge in [-0.25, -0.2) is 0 Å². The second-order valence-corrected chi connectivity index (χ2v) is 4.84. The lowest BCUT2D eigenvalue weighted by atomic mass is 10.1. The van der Waals surface area contributed by atoms with Gasteiger partial charge in [-0.15, -0.1) is 0 Å². The third kappa shape index (κ3) is 4.11. The molecule has 98 valence electrons. The summed E-state index contributed by atoms with van der Waals surface area (Å²) in [6.45, 7) is 1.99. The number of carbonyl (C=O) groups excluding carboxylic acids is 1. The fraction of sp³-hybridized carbons (Fsp3) is 0.188. The summed E-state index contributed by atoms with van der Waals surface area (Å²) >= 11 is 5.90. The van der Waals surface area contributed by atoms with Gasteiger partial charge in [0, 0.05) is 11.4 Å². The van der Waals surface area contributed by atoms with Crippen LogP contribution in [0.1, 0.15) is 11.1 Å². The van der Waals surface area contributed by atoms with Crippen LogP contribution in [-0.4, -0.2) is 12.4 Å². The van der Waals surface area contributed by atoms with Crippen LogP contribution in [0, 0.1) is 6.92 Å². The van der Waals surface area contributed by atoms with Gasteiger partial charge in [0.1, 0.15) is 12.4 Å². The minimum atomic E-state index is 0.0468. The fourth-order valence-corrected chi connectivity index (χ4v) is 1.92. The summed E-state index contributed by atoms with van der Waals surface area (Å²) in [5.41, 5.74) is 1.97. The van der Waals surface area contributed by atoms with Crippen molar-refractivity contribution >= 4 is 17.4 Å². The van der Waals surface area contributed by atoms with E-state index in [4.69, 9.17) is 16.3 Å². The normalized spacial score (nSPS) is 10.2. The number of ketones is 1. The van der Waals surface area contributed by atoms with Crippen LogP contribution in [0.25, 0.3) is 0 Å². The molecule has 0 unspecified atom stereocenters. The quantitative estimate of drug-likeness (QED) is 0.828. The first kappa shape index (κ1) is 13.6. The molecule has 2 nitrogen and oxygen atoms in total. The Morgan fingerprint density at radius 3 is 2.63 bits per heavy atom. The molecule has 2 aromatic rings. The summed E-state index contributed by atoms with van der Waals surface area (Å²) in [7, 11) is 0. The lowest BCUT2D eigenvalue weighted by Gasteiger charge is -2.08. The zero-order valence-electron chi connectivity index (χ0n) is 10.7. The number of Topliss-reactive ketones (excluding diaryl/α,β-unsaturated/α-hetero) is 1. The maximum Gasteiger partial charge on any atom is 0.174 e. The lowest BCUT2D eigenvalue weighted by Crippen LogP contribution is -2.14. The van der Waals surface area contributed by atoms with Crippen molar-refractivity contribution in [1.29, 1.82) is 0 Å². The molecule has 0 N–H and O–H groups in total. The zero-order chi connectivity index (χ0) is 13.7. The Balaban J connectivity index is 1.92. The summed E-state index contributed by atoms with van der Waals surface area (Å²) in [5, 5.41) is 0.608. The highest BCUT2D eigenvalue weighted by atomic mass is 35.5. The molecule has 0 bridgehead atoms. The second kappa shape index (κ2) is 6.39. The molecule has 0 saturated carbocycles. The smallest absolute Gasteiger partial charge is 0.174 e. The van der Waals surface area contributed by atoms with Gasteiger partial charge in [0.15, 0.2) is 5.78 Å². The minimum Gasteiger partial charge on any atom is -0.485 e. The molecule has 0 spiro atoms. The molecule has 0 radical (unpaired) electrons. The highest BCUT2D eigenvalue weighted by molar-refractivity contribution is 6.30. The van der Waals surface area contributed by atoms with Crippen LogP contribution in [0.2, 0.25) is 5.02 Å². The highest BCUT2D eigenvalue weighted by Crippen LogP contribution is 2.22. The van der Waals surface area contributed by atoms with E-state index < -0.39 is 0 Å². The molecular weight excluding hydrogens is 260 g/mol. The molecule has 0 atom stereocenters. The van der Waals surface area contributed by atoms with Crippen LogP contribution in [0.3, 0.4) is 0 Å². The topological polar surface area (TPSA) is 26.3 Å². The summed E-state index contributed by atoms with van der Waals surface area (Å²) in [6.07, 6.45) is 0.389. The molecular formula is C16H15ClO2. The molecule has 3 heteroatoms. The first-order valence-electron chi connectivity index (χ1n) is 6.10. The van der Waals surface area contributed by atoms with E-state index in [1.165, 1.54) is 0 Å². The molecule has 0 aromatic heterocycles. The van der Waals surface area contributed by atoms with E-state index in [-0.39, 0.29) is 12.4 Å². The van der Waals surface area contributed by atoms with Gasteiger partial charge in [0.05, 0.1) is 0 Å². The number of hydrogen-bond acceptors (Lipinski definition) is 2. The van der Waals surface area contributed by atoms with E-state index in [1.54, 1.807) is 12.1 Å². The van der Waals surface area contributed by atoms with Gasteiger partial charge in [0.25, 0.3) is 0 Å². The molecule has 0 saturated heterocycles. The van der Waals surface area contributed by atoms with Gasteiger partial charge in [-0.2, -0.15) is 0 Å². The number of carbonyl (C=O) groups is 1. The van der Waals surface area contributed by atoms with Crippen molar-refractivity contribution in [3.05, 3.63) is 64.7 Å². The molecule has 0 heterocycles. The van der Waals surface area contributed by atoms with Gasteiger partial charge in [0.2, 0.25) is 0 Å². The average molecular weight is 275 g/mol. The number of halogens is 1. The van der Waals surface area contributed by atoms with Crippen LogP contribution in [-0.2, 0) is 11.2 Å². The SMILES string of the molecule is Cc1ccc(Cl)cc1OCC(=O)Cc1ccccc1. The summed E-state index contributed by atoms with van der Waals surface area (Å²) in [4.78, 5) is 11.8. The molecule has 0 amide bonds. The van der Waals surface area contributed by atoms with Gasteiger partial charge in [-0.1, -0.05) is 48.0 Å². The predicted molar refractivity (Wildman–Crippen MR) is 76.8 cm³/mol. The largest absolute Gasteiger partial charge is 0.485 e. The maximum absolute atomic E-state index is 11.8. The van der Waals surface area contributed by atoms with Crippen molar-refractivity contribution in [2.45, 2.75) is 13.3 Å². The van der Waals surface area contributed by atoms with E-state index in [9.17, 15) is 4.79 Å². The number of ether oxygens (including phenoxy) is 1. The molecule has 0 aliphatic carbocycles. The van der Waals surface area contributed by atoms with Gasteiger partial charge >= 0.3 is 0 Å². The molecule has 2 aromatic carbocycles. The first-order chi connectivity index (χ1) is 9.15. The second-order valence-electron chi connectivity index (χ2n) is 4.40. The lowest BCUT2D eigenvalue weighted by molar-refractivity contribution is -0.120. The zero-order valence-corrected chi connectivity index (χ0v) is 11.5. The van der Waals surface area contributed by atoms with Crippen LogP contribution >= 0.6 is 11.6 Å². The van der Waals surface area contributed by atoms with Crippen molar-refractivity contribution in [3.8, 4) is 5.75 Å². The fourth-order valence-electron chi connectivity index (χ4n) is 1.76. The first-order valence-corrected chi connectivity index (χ1v) is 6.47. The number of aryl methyl sites for hydroxylation is 1. The van der Waals surface area contributed by atoms with Crippen molar-refractivity contribution in [1.82, 2.24) is 0 Å². The number of hydrogen-bond donors (Lipinski definition) is 0. The van der Waals surface area contributed by atoms with Crippen LogP contribution in [0.5, 0.6) is 5.75 Å². The van der Waals surface area contributed by atoms with Crippen molar-refractivity contribution in [2.24, 2.45) is 0 Å². The van der Waals surface area contributed by atoms with E-state index >= 15 is 0 Å². The Bertz CT molecular complexity index is 564. The monoisotopic (exact) mass is 274 g/mol. The third-order valence-corrected chi connectivity index (χ3v) is 3.02.